The maximum absolute atomic E-state index is 5.64. The van der Waals surface area contributed by atoms with Crippen LogP contribution in [0.25, 0.3) is 0 Å². The van der Waals surface area contributed by atoms with E-state index in [0.29, 0.717) is 0 Å². The highest BCUT2D eigenvalue weighted by molar-refractivity contribution is 7.99. The Kier molecular flexibility index (Phi) is 5.82. The van der Waals surface area contributed by atoms with Crippen LogP contribution in [0.5, 0.6) is 5.75 Å². The van der Waals surface area contributed by atoms with Crippen molar-refractivity contribution < 1.29 is 4.74 Å². The van der Waals surface area contributed by atoms with Crippen LogP contribution < -0.4 is 16.0 Å². The molecular formula is C13H22N2OS. The normalized spacial score (nSPS) is 12.5. The van der Waals surface area contributed by atoms with E-state index < -0.39 is 0 Å². The van der Waals surface area contributed by atoms with Crippen LogP contribution in [-0.2, 0) is 0 Å². The van der Waals surface area contributed by atoms with Gasteiger partial charge in [-0.1, -0.05) is 19.1 Å². The minimum atomic E-state index is 0.134. The lowest BCUT2D eigenvalue weighted by atomic mass is 10.0. The number of aryl methyl sites for hydroxylation is 1. The molecule has 3 nitrogen and oxygen atoms in total. The summed E-state index contributed by atoms with van der Waals surface area (Å²) in [7, 11) is 1.71. The zero-order chi connectivity index (χ0) is 12.8. The quantitative estimate of drug-likeness (QED) is 0.605. The van der Waals surface area contributed by atoms with E-state index in [1.54, 1.807) is 7.11 Å². The maximum atomic E-state index is 5.64. The van der Waals surface area contributed by atoms with Crippen LogP contribution in [0.1, 0.15) is 29.7 Å². The predicted octanol–water partition coefficient (Wildman–Crippen LogP) is 2.57. The van der Waals surface area contributed by atoms with Crippen LogP contribution in [0.3, 0.4) is 0 Å². The first-order valence-corrected chi connectivity index (χ1v) is 6.99. The molecule has 1 aromatic rings. The molecule has 4 heteroatoms. The van der Waals surface area contributed by atoms with E-state index in [-0.39, 0.29) is 6.04 Å². The second-order valence-corrected chi connectivity index (χ2v) is 5.33. The Morgan fingerprint density at radius 1 is 1.41 bits per heavy atom. The van der Waals surface area contributed by atoms with Gasteiger partial charge in [0.1, 0.15) is 5.75 Å². The first kappa shape index (κ1) is 14.4. The van der Waals surface area contributed by atoms with Gasteiger partial charge in [0.15, 0.2) is 0 Å². The van der Waals surface area contributed by atoms with Crippen molar-refractivity contribution in [1.82, 2.24) is 5.43 Å². The van der Waals surface area contributed by atoms with E-state index in [1.807, 2.05) is 11.8 Å². The number of methoxy groups -OCH3 is 1. The molecule has 0 aromatic heterocycles. The summed E-state index contributed by atoms with van der Waals surface area (Å²) in [5, 5.41) is 0. The predicted molar refractivity (Wildman–Crippen MR) is 75.5 cm³/mol. The van der Waals surface area contributed by atoms with Crippen molar-refractivity contribution in [2.45, 2.75) is 26.8 Å². The Morgan fingerprint density at radius 2 is 2.12 bits per heavy atom. The first-order chi connectivity index (χ1) is 8.15. The summed E-state index contributed by atoms with van der Waals surface area (Å²) in [6.07, 6.45) is 0. The number of hydrogen-bond donors (Lipinski definition) is 2. The second kappa shape index (κ2) is 6.89. The fourth-order valence-corrected chi connectivity index (χ4v) is 2.57. The number of thioether (sulfide) groups is 1. The van der Waals surface area contributed by atoms with Gasteiger partial charge in [-0.15, -0.1) is 0 Å². The van der Waals surface area contributed by atoms with Crippen LogP contribution >= 0.6 is 11.8 Å². The van der Waals surface area contributed by atoms with Gasteiger partial charge in [0, 0.05) is 11.3 Å². The molecule has 0 saturated heterocycles. The molecular weight excluding hydrogens is 232 g/mol. The highest BCUT2D eigenvalue weighted by atomic mass is 32.2. The van der Waals surface area contributed by atoms with Gasteiger partial charge in [0.2, 0.25) is 0 Å². The minimum Gasteiger partial charge on any atom is -0.496 e. The molecule has 0 fully saturated rings. The Hall–Kier alpha value is -0.710. The number of hydrazine groups is 1. The summed E-state index contributed by atoms with van der Waals surface area (Å²) >= 11 is 1.87. The molecule has 0 saturated carbocycles. The van der Waals surface area contributed by atoms with E-state index in [2.05, 4.69) is 38.3 Å². The fourth-order valence-electron chi connectivity index (χ4n) is 1.82. The molecule has 0 amide bonds. The lowest BCUT2D eigenvalue weighted by Gasteiger charge is -2.21. The average Bonchev–Trinajstić information content (AvgIpc) is 2.34. The number of nitrogens with two attached hydrogens (primary N) is 1. The van der Waals surface area contributed by atoms with Crippen LogP contribution in [0.15, 0.2) is 12.1 Å². The second-order valence-electron chi connectivity index (χ2n) is 4.01. The largest absolute Gasteiger partial charge is 0.496 e. The van der Waals surface area contributed by atoms with Crippen molar-refractivity contribution in [3.63, 3.8) is 0 Å². The minimum absolute atomic E-state index is 0.134. The van der Waals surface area contributed by atoms with Gasteiger partial charge in [0.25, 0.3) is 0 Å². The molecule has 0 heterocycles. The van der Waals surface area contributed by atoms with Gasteiger partial charge < -0.3 is 4.74 Å². The van der Waals surface area contributed by atoms with E-state index in [0.717, 1.165) is 22.8 Å². The highest BCUT2D eigenvalue weighted by Gasteiger charge is 2.17. The lowest BCUT2D eigenvalue weighted by Crippen LogP contribution is -2.30. The van der Waals surface area contributed by atoms with E-state index >= 15 is 0 Å². The summed E-state index contributed by atoms with van der Waals surface area (Å²) in [6, 6.07) is 4.35. The summed E-state index contributed by atoms with van der Waals surface area (Å²) < 4.78 is 5.51. The summed E-state index contributed by atoms with van der Waals surface area (Å²) in [5.41, 5.74) is 6.44. The molecule has 0 spiro atoms. The molecule has 96 valence electrons. The number of nitrogens with one attached hydrogen (secondary N) is 1. The van der Waals surface area contributed by atoms with Crippen molar-refractivity contribution in [2.24, 2.45) is 5.84 Å². The Balaban J connectivity index is 3.06. The Bertz CT molecular complexity index is 369. The molecule has 1 atom stereocenters. The zero-order valence-corrected chi connectivity index (χ0v) is 11.9. The number of rotatable bonds is 6. The van der Waals surface area contributed by atoms with E-state index in [4.69, 9.17) is 10.6 Å². The van der Waals surface area contributed by atoms with Crippen LogP contribution in [0.2, 0.25) is 0 Å². The monoisotopic (exact) mass is 254 g/mol. The molecule has 1 aromatic carbocycles. The zero-order valence-electron chi connectivity index (χ0n) is 11.0. The molecule has 0 aliphatic carbocycles. The van der Waals surface area contributed by atoms with Crippen LogP contribution in [0, 0.1) is 13.8 Å². The maximum Gasteiger partial charge on any atom is 0.126 e. The third-order valence-corrected chi connectivity index (χ3v) is 3.95. The molecule has 0 radical (unpaired) electrons. The molecule has 1 rings (SSSR count). The molecule has 0 aliphatic heterocycles. The van der Waals surface area contributed by atoms with Crippen molar-refractivity contribution in [2.75, 3.05) is 18.6 Å². The summed E-state index contributed by atoms with van der Waals surface area (Å²) in [4.78, 5) is 0. The van der Waals surface area contributed by atoms with Gasteiger partial charge >= 0.3 is 0 Å². The molecule has 0 aliphatic rings. The summed E-state index contributed by atoms with van der Waals surface area (Å²) in [5.74, 6) is 8.63. The average molecular weight is 254 g/mol. The Morgan fingerprint density at radius 3 is 2.65 bits per heavy atom. The molecule has 0 bridgehead atoms. The topological polar surface area (TPSA) is 47.3 Å². The van der Waals surface area contributed by atoms with Gasteiger partial charge in [-0.3, -0.25) is 11.3 Å². The first-order valence-electron chi connectivity index (χ1n) is 5.83. The van der Waals surface area contributed by atoms with Crippen molar-refractivity contribution in [3.05, 3.63) is 28.8 Å². The smallest absolute Gasteiger partial charge is 0.126 e. The van der Waals surface area contributed by atoms with E-state index in [9.17, 15) is 0 Å². The van der Waals surface area contributed by atoms with Gasteiger partial charge in [-0.05, 0) is 30.7 Å². The third-order valence-electron chi connectivity index (χ3n) is 2.98. The molecule has 3 N–H and O–H groups in total. The molecule has 1 unspecified atom stereocenters. The summed E-state index contributed by atoms with van der Waals surface area (Å²) in [6.45, 7) is 6.32. The SMILES string of the molecule is CCSCC(NN)c1ccc(C)c(C)c1OC. The standard InChI is InChI=1S/C13H22N2OS/c1-5-17-8-12(15-14)11-7-6-9(2)10(3)13(11)16-4/h6-7,12,15H,5,8,14H2,1-4H3. The highest BCUT2D eigenvalue weighted by Crippen LogP contribution is 2.31. The van der Waals surface area contributed by atoms with Crippen LogP contribution in [-0.4, -0.2) is 18.6 Å². The van der Waals surface area contributed by atoms with Crippen LogP contribution in [0.4, 0.5) is 0 Å². The van der Waals surface area contributed by atoms with Gasteiger partial charge in [-0.25, -0.2) is 0 Å². The van der Waals surface area contributed by atoms with Gasteiger partial charge in [0.05, 0.1) is 13.2 Å². The Labute approximate surface area is 108 Å². The fraction of sp³-hybridized carbons (Fsp3) is 0.538. The number of ether oxygens (including phenoxy) is 1. The number of benzene rings is 1. The lowest BCUT2D eigenvalue weighted by molar-refractivity contribution is 0.399. The van der Waals surface area contributed by atoms with Crippen molar-refractivity contribution in [1.29, 1.82) is 0 Å². The number of hydrogen-bond acceptors (Lipinski definition) is 4. The third kappa shape index (κ3) is 3.37. The van der Waals surface area contributed by atoms with E-state index in [1.165, 1.54) is 11.1 Å². The molecule has 17 heavy (non-hydrogen) atoms. The van der Waals surface area contributed by atoms with Crippen molar-refractivity contribution in [3.8, 4) is 5.75 Å². The van der Waals surface area contributed by atoms with Crippen molar-refractivity contribution >= 4 is 11.8 Å². The van der Waals surface area contributed by atoms with Gasteiger partial charge in [-0.2, -0.15) is 11.8 Å².